The van der Waals surface area contributed by atoms with Crippen LogP contribution >= 0.6 is 0 Å². The molecule has 0 aliphatic carbocycles. The molecule has 0 bridgehead atoms. The first-order valence-electron chi connectivity index (χ1n) is 3.90. The van der Waals surface area contributed by atoms with E-state index in [-0.39, 0.29) is 5.92 Å². The van der Waals surface area contributed by atoms with E-state index in [9.17, 15) is 14.4 Å². The van der Waals surface area contributed by atoms with Gasteiger partial charge in [0, 0.05) is 5.92 Å². The van der Waals surface area contributed by atoms with Crippen LogP contribution in [0.3, 0.4) is 0 Å². The molecular formula is C8H13NO4. The summed E-state index contributed by atoms with van der Waals surface area (Å²) in [6, 6.07) is -1.42. The summed E-state index contributed by atoms with van der Waals surface area (Å²) in [6.45, 7) is 4.36. The highest BCUT2D eigenvalue weighted by Gasteiger charge is 2.25. The number of carbonyl (C=O) groups is 3. The third kappa shape index (κ3) is 3.68. The van der Waals surface area contributed by atoms with Crippen LogP contribution < -0.4 is 5.32 Å². The molecule has 1 amide bonds. The summed E-state index contributed by atoms with van der Waals surface area (Å²) < 4.78 is 0. The second-order valence-electron chi connectivity index (χ2n) is 3.05. The summed E-state index contributed by atoms with van der Waals surface area (Å²) in [5.74, 6) is -2.69. The van der Waals surface area contributed by atoms with Crippen LogP contribution in [0.15, 0.2) is 0 Å². The van der Waals surface area contributed by atoms with Gasteiger partial charge in [-0.1, -0.05) is 13.8 Å². The molecule has 0 aromatic heterocycles. The average molecular weight is 187 g/mol. The molecule has 0 radical (unpaired) electrons. The molecule has 13 heavy (non-hydrogen) atoms. The Labute approximate surface area is 76.1 Å². The van der Waals surface area contributed by atoms with E-state index in [1.807, 2.05) is 0 Å². The molecule has 0 aliphatic heterocycles. The van der Waals surface area contributed by atoms with Crippen LogP contribution in [0.25, 0.3) is 0 Å². The highest BCUT2D eigenvalue weighted by Crippen LogP contribution is 1.94. The van der Waals surface area contributed by atoms with Gasteiger partial charge >= 0.3 is 5.97 Å². The van der Waals surface area contributed by atoms with E-state index in [0.29, 0.717) is 0 Å². The molecule has 0 heterocycles. The maximum Gasteiger partial charge on any atom is 0.334 e. The van der Waals surface area contributed by atoms with Gasteiger partial charge in [0.25, 0.3) is 0 Å². The SMILES string of the molecule is CC(=O)C(NC(=O)C(C)C)C(=O)O. The Hall–Kier alpha value is -1.39. The van der Waals surface area contributed by atoms with Crippen molar-refractivity contribution in [3.63, 3.8) is 0 Å². The highest BCUT2D eigenvalue weighted by atomic mass is 16.4. The van der Waals surface area contributed by atoms with Crippen molar-refractivity contribution < 1.29 is 19.5 Å². The topological polar surface area (TPSA) is 83.5 Å². The number of ketones is 1. The molecule has 74 valence electrons. The van der Waals surface area contributed by atoms with Gasteiger partial charge in [-0.05, 0) is 6.92 Å². The quantitative estimate of drug-likeness (QED) is 0.597. The lowest BCUT2D eigenvalue weighted by Crippen LogP contribution is -2.46. The van der Waals surface area contributed by atoms with Crippen molar-refractivity contribution in [2.45, 2.75) is 26.8 Å². The lowest BCUT2D eigenvalue weighted by Gasteiger charge is -2.12. The number of carboxylic acids is 1. The Morgan fingerprint density at radius 2 is 1.69 bits per heavy atom. The maximum absolute atomic E-state index is 11.0. The van der Waals surface area contributed by atoms with Crippen LogP contribution in [0.2, 0.25) is 0 Å². The van der Waals surface area contributed by atoms with E-state index in [0.717, 1.165) is 6.92 Å². The van der Waals surface area contributed by atoms with E-state index in [1.54, 1.807) is 13.8 Å². The Kier molecular flexibility index (Phi) is 4.10. The third-order valence-corrected chi connectivity index (χ3v) is 1.46. The van der Waals surface area contributed by atoms with Gasteiger partial charge in [-0.3, -0.25) is 9.59 Å². The second-order valence-corrected chi connectivity index (χ2v) is 3.05. The van der Waals surface area contributed by atoms with Crippen LogP contribution in [0, 0.1) is 5.92 Å². The zero-order valence-corrected chi connectivity index (χ0v) is 7.83. The van der Waals surface area contributed by atoms with E-state index in [1.165, 1.54) is 0 Å². The van der Waals surface area contributed by atoms with Gasteiger partial charge in [-0.2, -0.15) is 0 Å². The van der Waals surface area contributed by atoms with E-state index in [2.05, 4.69) is 5.32 Å². The van der Waals surface area contributed by atoms with Gasteiger partial charge in [-0.25, -0.2) is 4.79 Å². The third-order valence-electron chi connectivity index (χ3n) is 1.46. The normalized spacial score (nSPS) is 12.3. The first-order valence-corrected chi connectivity index (χ1v) is 3.90. The number of carbonyl (C=O) groups excluding carboxylic acids is 2. The van der Waals surface area contributed by atoms with Gasteiger partial charge < -0.3 is 10.4 Å². The van der Waals surface area contributed by atoms with Crippen molar-refractivity contribution >= 4 is 17.7 Å². The minimum Gasteiger partial charge on any atom is -0.479 e. The van der Waals surface area contributed by atoms with Crippen LogP contribution in [0.4, 0.5) is 0 Å². The molecule has 0 saturated carbocycles. The summed E-state index contributed by atoms with van der Waals surface area (Å²) in [4.78, 5) is 32.2. The minimum atomic E-state index is -1.42. The Balaban J connectivity index is 4.36. The zero-order valence-electron chi connectivity index (χ0n) is 7.83. The Morgan fingerprint density at radius 3 is 1.92 bits per heavy atom. The molecule has 0 fully saturated rings. The molecule has 2 N–H and O–H groups in total. The van der Waals surface area contributed by atoms with Crippen LogP contribution in [0.1, 0.15) is 20.8 Å². The molecule has 0 spiro atoms. The number of Topliss-reactive ketones (excluding diaryl/α,β-unsaturated/α-hetero) is 1. The fraction of sp³-hybridized carbons (Fsp3) is 0.625. The lowest BCUT2D eigenvalue weighted by molar-refractivity contribution is -0.145. The van der Waals surface area contributed by atoms with E-state index in [4.69, 9.17) is 5.11 Å². The molecule has 5 heteroatoms. The maximum atomic E-state index is 11.0. The summed E-state index contributed by atoms with van der Waals surface area (Å²) in [5.41, 5.74) is 0. The van der Waals surface area contributed by atoms with Crippen molar-refractivity contribution in [1.29, 1.82) is 0 Å². The second kappa shape index (κ2) is 4.59. The Morgan fingerprint density at radius 1 is 1.23 bits per heavy atom. The number of nitrogens with one attached hydrogen (secondary N) is 1. The summed E-state index contributed by atoms with van der Waals surface area (Å²) in [7, 11) is 0. The lowest BCUT2D eigenvalue weighted by atomic mass is 10.1. The van der Waals surface area contributed by atoms with Gasteiger partial charge in [0.15, 0.2) is 11.8 Å². The van der Waals surface area contributed by atoms with Crippen LogP contribution in [0.5, 0.6) is 0 Å². The molecule has 0 saturated heterocycles. The van der Waals surface area contributed by atoms with E-state index >= 15 is 0 Å². The fourth-order valence-electron chi connectivity index (χ4n) is 0.646. The smallest absolute Gasteiger partial charge is 0.334 e. The first-order chi connectivity index (χ1) is 5.86. The van der Waals surface area contributed by atoms with Crippen LogP contribution in [-0.2, 0) is 14.4 Å². The monoisotopic (exact) mass is 187 g/mol. The summed E-state index contributed by atoms with van der Waals surface area (Å²) >= 11 is 0. The number of amides is 1. The predicted octanol–water partition coefficient (Wildman–Crippen LogP) is -0.199. The fourth-order valence-corrected chi connectivity index (χ4v) is 0.646. The standard InChI is InChI=1S/C8H13NO4/c1-4(2)7(11)9-6(5(3)10)8(12)13/h4,6H,1-3H3,(H,9,11)(H,12,13). The Bertz CT molecular complexity index is 220. The van der Waals surface area contributed by atoms with Crippen LogP contribution in [-0.4, -0.2) is 28.8 Å². The molecule has 0 aromatic rings. The van der Waals surface area contributed by atoms with Crippen molar-refractivity contribution in [2.75, 3.05) is 0 Å². The van der Waals surface area contributed by atoms with Crippen molar-refractivity contribution in [3.05, 3.63) is 0 Å². The first kappa shape index (κ1) is 11.6. The number of carboxylic acid groups (broad SMARTS) is 1. The number of hydrogen-bond acceptors (Lipinski definition) is 3. The zero-order chi connectivity index (χ0) is 10.6. The molecule has 0 aliphatic rings. The number of rotatable bonds is 4. The molecule has 0 rings (SSSR count). The largest absolute Gasteiger partial charge is 0.479 e. The molecule has 5 nitrogen and oxygen atoms in total. The van der Waals surface area contributed by atoms with Crippen molar-refractivity contribution in [3.8, 4) is 0 Å². The highest BCUT2D eigenvalue weighted by molar-refractivity contribution is 6.04. The van der Waals surface area contributed by atoms with Gasteiger partial charge in [0.2, 0.25) is 5.91 Å². The number of aliphatic carboxylic acids is 1. The van der Waals surface area contributed by atoms with E-state index < -0.39 is 23.7 Å². The van der Waals surface area contributed by atoms with Gasteiger partial charge in [-0.15, -0.1) is 0 Å². The van der Waals surface area contributed by atoms with Crippen molar-refractivity contribution in [2.24, 2.45) is 5.92 Å². The van der Waals surface area contributed by atoms with Gasteiger partial charge in [0.1, 0.15) is 0 Å². The minimum absolute atomic E-state index is 0.332. The molecule has 1 unspecified atom stereocenters. The number of hydrogen-bond donors (Lipinski definition) is 2. The van der Waals surface area contributed by atoms with Gasteiger partial charge in [0.05, 0.1) is 0 Å². The summed E-state index contributed by atoms with van der Waals surface area (Å²) in [6.07, 6.45) is 0. The molecule has 1 atom stereocenters. The predicted molar refractivity (Wildman–Crippen MR) is 45.1 cm³/mol. The summed E-state index contributed by atoms with van der Waals surface area (Å²) in [5, 5.41) is 10.7. The van der Waals surface area contributed by atoms with Crippen molar-refractivity contribution in [1.82, 2.24) is 5.32 Å². The molecule has 0 aromatic carbocycles. The average Bonchev–Trinajstić information content (AvgIpc) is 1.97. The molecular weight excluding hydrogens is 174 g/mol.